The van der Waals surface area contributed by atoms with Crippen molar-refractivity contribution in [2.75, 3.05) is 0 Å². The van der Waals surface area contributed by atoms with Crippen molar-refractivity contribution in [2.45, 2.75) is 23.6 Å². The monoisotopic (exact) mass is 579 g/mol. The molecule has 2 aromatic rings. The van der Waals surface area contributed by atoms with Gasteiger partial charge in [0.15, 0.2) is 28.8 Å². The van der Waals surface area contributed by atoms with Crippen molar-refractivity contribution in [1.82, 2.24) is 0 Å². The predicted octanol–water partition coefficient (Wildman–Crippen LogP) is -5.52. The van der Waals surface area contributed by atoms with Gasteiger partial charge < -0.3 is 29.5 Å². The Labute approximate surface area is 253 Å². The first-order chi connectivity index (χ1) is 15.8. The number of carbonyl (C=O) groups excluding carboxylic acids is 2. The van der Waals surface area contributed by atoms with Crippen LogP contribution >= 0.6 is 0 Å². The molecular formula is C18H15NNa2O14S2. The molecule has 0 heterocycles. The van der Waals surface area contributed by atoms with Gasteiger partial charge in [-0.2, -0.15) is 0 Å². The van der Waals surface area contributed by atoms with Gasteiger partial charge in [0.25, 0.3) is 0 Å². The molecule has 0 saturated heterocycles. The van der Waals surface area contributed by atoms with Crippen LogP contribution in [0.3, 0.4) is 0 Å². The Morgan fingerprint density at radius 2 is 1.27 bits per heavy atom. The summed E-state index contributed by atoms with van der Waals surface area (Å²) in [4.78, 5) is 29.7. The predicted molar refractivity (Wildman–Crippen MR) is 111 cm³/mol. The van der Waals surface area contributed by atoms with Crippen LogP contribution in [-0.2, 0) is 29.8 Å². The minimum Gasteiger partial charge on any atom is -0.744 e. The number of carbonyl (C=O) groups is 2. The number of nitro groups is 1. The summed E-state index contributed by atoms with van der Waals surface area (Å²) < 4.78 is 63.3. The molecule has 0 aliphatic heterocycles. The van der Waals surface area contributed by atoms with Gasteiger partial charge in [-0.15, -0.1) is 0 Å². The van der Waals surface area contributed by atoms with Gasteiger partial charge in [-0.1, -0.05) is 0 Å². The molecule has 0 fully saturated rings. The van der Waals surface area contributed by atoms with E-state index in [4.69, 9.17) is 10.2 Å². The summed E-state index contributed by atoms with van der Waals surface area (Å²) in [7, 11) is -10.3. The number of benzene rings is 2. The number of nitro benzene ring substituents is 1. The minimum atomic E-state index is -5.20. The maximum Gasteiger partial charge on any atom is 1.00 e. The first-order valence-corrected chi connectivity index (χ1v) is 11.5. The van der Waals surface area contributed by atoms with Crippen LogP contribution in [0.15, 0.2) is 39.6 Å². The molecule has 37 heavy (non-hydrogen) atoms. The van der Waals surface area contributed by atoms with E-state index >= 15 is 0 Å². The first-order valence-electron chi connectivity index (χ1n) is 8.69. The van der Waals surface area contributed by atoms with Crippen molar-refractivity contribution >= 4 is 43.6 Å². The van der Waals surface area contributed by atoms with Crippen molar-refractivity contribution in [2.24, 2.45) is 0 Å². The molecule has 0 bridgehead atoms. The van der Waals surface area contributed by atoms with Crippen LogP contribution in [0.4, 0.5) is 5.69 Å². The van der Waals surface area contributed by atoms with E-state index in [9.17, 15) is 55.9 Å². The van der Waals surface area contributed by atoms with E-state index in [1.165, 1.54) is 13.8 Å². The fraction of sp³-hybridized carbons (Fsp3) is 0.111. The number of hydrogen-bond acceptors (Lipinski definition) is 14. The largest absolute Gasteiger partial charge is 1.00 e. The molecule has 0 spiro atoms. The number of allylic oxidation sites excluding steroid dienone is 1. The molecular weight excluding hydrogens is 564 g/mol. The zero-order valence-electron chi connectivity index (χ0n) is 19.5. The van der Waals surface area contributed by atoms with Gasteiger partial charge in [-0.25, -0.2) is 16.8 Å². The third kappa shape index (κ3) is 10.3. The van der Waals surface area contributed by atoms with Gasteiger partial charge in [0.1, 0.15) is 25.1 Å². The summed E-state index contributed by atoms with van der Waals surface area (Å²) >= 11 is 0. The zero-order valence-corrected chi connectivity index (χ0v) is 25.2. The second-order valence-corrected chi connectivity index (χ2v) is 9.26. The van der Waals surface area contributed by atoms with E-state index in [-0.39, 0.29) is 76.3 Å². The molecule has 0 saturated carbocycles. The normalized spacial score (nSPS) is 10.5. The standard InChI is InChI=1S/C12H11NO6.C6H6O8S2.2Na/c1-6(14)9(7(2)15)3-8-4-10(13(18)19)12(17)11(16)5-8;7-4-1-3(15(9,10)11)2-5(6(4)8)16(12,13)14;;/h3-5,16-17H,1-2H3;1-2,7-8H,(H,9,10,11)(H,12,13,14);;/q;;2*+1/p-2. The van der Waals surface area contributed by atoms with Crippen LogP contribution in [0.5, 0.6) is 23.0 Å². The first kappa shape index (κ1) is 37.1. The summed E-state index contributed by atoms with van der Waals surface area (Å²) in [5.74, 6) is -5.06. The number of hydrogen-bond donors (Lipinski definition) is 4. The SMILES string of the molecule is CC(=O)C(=Cc1cc(O)c(O)c([N+](=O)[O-])c1)C(C)=O.O=S(=O)([O-])c1cc(O)c(O)c(S(=O)(=O)[O-])c1.[Na+].[Na+]. The Hall–Kier alpha value is -2.06. The van der Waals surface area contributed by atoms with Crippen LogP contribution in [0.25, 0.3) is 6.08 Å². The van der Waals surface area contributed by atoms with Gasteiger partial charge in [-0.3, -0.25) is 19.7 Å². The Kier molecular flexibility index (Phi) is 14.2. The molecule has 2 aromatic carbocycles. The molecule has 0 atom stereocenters. The zero-order chi connectivity index (χ0) is 27.5. The van der Waals surface area contributed by atoms with Crippen molar-refractivity contribution in [3.8, 4) is 23.0 Å². The van der Waals surface area contributed by atoms with Gasteiger partial charge in [-0.05, 0) is 37.6 Å². The molecule has 190 valence electrons. The molecule has 19 heteroatoms. The van der Waals surface area contributed by atoms with Crippen molar-refractivity contribution < 1.29 is 120 Å². The molecule has 15 nitrogen and oxygen atoms in total. The maximum atomic E-state index is 11.2. The number of nitrogens with zero attached hydrogens (tertiary/aromatic N) is 1. The molecule has 2 rings (SSSR count). The van der Waals surface area contributed by atoms with E-state index in [0.29, 0.717) is 6.07 Å². The topological polar surface area (TPSA) is 273 Å². The fourth-order valence-electron chi connectivity index (χ4n) is 2.37. The molecule has 0 aromatic heterocycles. The van der Waals surface area contributed by atoms with Crippen molar-refractivity contribution in [3.05, 3.63) is 45.5 Å². The second-order valence-electron chi connectivity index (χ2n) is 6.53. The molecule has 0 aliphatic carbocycles. The average Bonchev–Trinajstić information content (AvgIpc) is 2.68. The summed E-state index contributed by atoms with van der Waals surface area (Å²) in [6.07, 6.45) is 1.12. The number of Topliss-reactive ketones (excluding diaryl/α,β-unsaturated/α-hetero) is 2. The molecule has 0 unspecified atom stereocenters. The fourth-order valence-corrected chi connectivity index (χ4v) is 3.57. The van der Waals surface area contributed by atoms with E-state index in [1.54, 1.807) is 0 Å². The number of phenols is 4. The van der Waals surface area contributed by atoms with Gasteiger partial charge in [0, 0.05) is 12.1 Å². The quantitative estimate of drug-likeness (QED) is 0.0363. The van der Waals surface area contributed by atoms with E-state index < -0.39 is 75.2 Å². The Balaban J connectivity index is 0. The molecule has 0 radical (unpaired) electrons. The maximum absolute atomic E-state index is 11.2. The van der Waals surface area contributed by atoms with E-state index in [0.717, 1.165) is 18.2 Å². The second kappa shape index (κ2) is 14.2. The average molecular weight is 579 g/mol. The third-order valence-electron chi connectivity index (χ3n) is 3.94. The third-order valence-corrected chi connectivity index (χ3v) is 5.61. The van der Waals surface area contributed by atoms with Crippen molar-refractivity contribution in [3.63, 3.8) is 0 Å². The van der Waals surface area contributed by atoms with Gasteiger partial charge in [0.05, 0.1) is 15.4 Å². The van der Waals surface area contributed by atoms with E-state index in [2.05, 4.69) is 0 Å². The van der Waals surface area contributed by atoms with Gasteiger partial charge in [0.2, 0.25) is 5.75 Å². The van der Waals surface area contributed by atoms with Crippen LogP contribution in [-0.4, -0.2) is 62.9 Å². The Morgan fingerprint density at radius 1 is 0.811 bits per heavy atom. The molecule has 0 amide bonds. The number of phenolic OH excluding ortho intramolecular Hbond substituents is 4. The van der Waals surface area contributed by atoms with Crippen LogP contribution < -0.4 is 59.1 Å². The van der Waals surface area contributed by atoms with Crippen LogP contribution in [0.1, 0.15) is 19.4 Å². The summed E-state index contributed by atoms with van der Waals surface area (Å²) in [5, 5.41) is 47.3. The number of ketones is 2. The Morgan fingerprint density at radius 3 is 1.65 bits per heavy atom. The number of aromatic hydroxyl groups is 4. The van der Waals surface area contributed by atoms with Gasteiger partial charge >= 0.3 is 64.8 Å². The van der Waals surface area contributed by atoms with Crippen LogP contribution in [0.2, 0.25) is 0 Å². The summed E-state index contributed by atoms with van der Waals surface area (Å²) in [5.41, 5.74) is -0.792. The summed E-state index contributed by atoms with van der Waals surface area (Å²) in [6, 6.07) is 2.50. The number of rotatable bonds is 6. The molecule has 0 aliphatic rings. The molecule has 4 N–H and O–H groups in total. The smallest absolute Gasteiger partial charge is 0.744 e. The Bertz CT molecular complexity index is 1450. The van der Waals surface area contributed by atoms with Crippen molar-refractivity contribution in [1.29, 1.82) is 0 Å². The van der Waals surface area contributed by atoms with E-state index in [1.807, 2.05) is 0 Å². The minimum absolute atomic E-state index is 0. The summed E-state index contributed by atoms with van der Waals surface area (Å²) in [6.45, 7) is 2.36. The van der Waals surface area contributed by atoms with Crippen LogP contribution in [0, 0.1) is 10.1 Å².